The zero-order valence-corrected chi connectivity index (χ0v) is 14.0. The van der Waals surface area contributed by atoms with Gasteiger partial charge in [0.15, 0.2) is 0 Å². The maximum absolute atomic E-state index is 12.6. The zero-order valence-electron chi connectivity index (χ0n) is 14.0. The second-order valence-corrected chi connectivity index (χ2v) is 5.29. The maximum atomic E-state index is 12.6. The predicted molar refractivity (Wildman–Crippen MR) is 90.2 cm³/mol. The van der Waals surface area contributed by atoms with Gasteiger partial charge in [-0.05, 0) is 26.0 Å². The Kier molecular flexibility index (Phi) is 5.57. The van der Waals surface area contributed by atoms with Crippen molar-refractivity contribution >= 4 is 17.6 Å². The maximum Gasteiger partial charge on any atom is 0.306 e. The van der Waals surface area contributed by atoms with Gasteiger partial charge in [0.05, 0.1) is 24.4 Å². The Morgan fingerprint density at radius 2 is 1.83 bits per heavy atom. The summed E-state index contributed by atoms with van der Waals surface area (Å²) in [4.78, 5) is 35.9. The highest BCUT2D eigenvalue weighted by Gasteiger charge is 2.18. The second kappa shape index (κ2) is 7.63. The summed E-state index contributed by atoms with van der Waals surface area (Å²) in [6, 6.07) is 9.16. The number of nitrogens with one attached hydrogen (secondary N) is 1. The highest BCUT2D eigenvalue weighted by Crippen LogP contribution is 2.14. The topological polar surface area (TPSA) is 82.3 Å². The van der Waals surface area contributed by atoms with Gasteiger partial charge in [-0.3, -0.25) is 19.1 Å². The number of carbonyl (C=O) groups is 2. The van der Waals surface area contributed by atoms with E-state index in [1.807, 2.05) is 30.3 Å². The molecule has 0 radical (unpaired) electrons. The van der Waals surface area contributed by atoms with Crippen LogP contribution in [0.1, 0.15) is 25.5 Å². The van der Waals surface area contributed by atoms with E-state index in [9.17, 15) is 14.4 Å². The zero-order chi connectivity index (χ0) is 17.7. The molecule has 1 heterocycles. The molecule has 0 atom stereocenters. The number of hydrogen-bond acceptors (Lipinski definition) is 4. The van der Waals surface area contributed by atoms with Crippen molar-refractivity contribution in [1.29, 1.82) is 0 Å². The van der Waals surface area contributed by atoms with Crippen LogP contribution in [0.2, 0.25) is 0 Å². The number of esters is 1. The van der Waals surface area contributed by atoms with Gasteiger partial charge in [0.2, 0.25) is 5.91 Å². The Balaban J connectivity index is 2.19. The monoisotopic (exact) mass is 331 g/mol. The average Bonchev–Trinajstić information content (AvgIpc) is 2.78. The first kappa shape index (κ1) is 17.5. The number of para-hydroxylation sites is 1. The molecule has 128 valence electrons. The van der Waals surface area contributed by atoms with E-state index in [1.165, 1.54) is 4.68 Å². The van der Waals surface area contributed by atoms with Crippen LogP contribution < -0.4 is 10.9 Å². The number of carbonyl (C=O) groups excluding carboxylic acids is 2. The van der Waals surface area contributed by atoms with E-state index >= 15 is 0 Å². The van der Waals surface area contributed by atoms with Gasteiger partial charge < -0.3 is 10.1 Å². The van der Waals surface area contributed by atoms with Crippen LogP contribution in [-0.2, 0) is 21.4 Å². The molecule has 1 aromatic heterocycles. The van der Waals surface area contributed by atoms with Crippen LogP contribution in [0.4, 0.5) is 5.69 Å². The quantitative estimate of drug-likeness (QED) is 0.818. The minimum absolute atomic E-state index is 0.0154. The number of benzene rings is 1. The Bertz CT molecular complexity index is 790. The third-order valence-electron chi connectivity index (χ3n) is 3.68. The predicted octanol–water partition coefficient (Wildman–Crippen LogP) is 1.77. The number of hydrogen-bond donors (Lipinski definition) is 1. The summed E-state index contributed by atoms with van der Waals surface area (Å²) in [5.74, 6) is -0.826. The third-order valence-corrected chi connectivity index (χ3v) is 3.68. The van der Waals surface area contributed by atoms with Crippen molar-refractivity contribution in [2.24, 2.45) is 7.05 Å². The van der Waals surface area contributed by atoms with E-state index in [2.05, 4.69) is 5.32 Å². The molecule has 0 bridgehead atoms. The summed E-state index contributed by atoms with van der Waals surface area (Å²) >= 11 is 0. The van der Waals surface area contributed by atoms with Gasteiger partial charge in [-0.15, -0.1) is 0 Å². The van der Waals surface area contributed by atoms with E-state index in [0.717, 1.165) is 0 Å². The van der Waals surface area contributed by atoms with Crippen molar-refractivity contribution in [3.05, 3.63) is 46.4 Å². The van der Waals surface area contributed by atoms with E-state index in [-0.39, 0.29) is 30.7 Å². The molecule has 0 aliphatic carbocycles. The molecule has 7 heteroatoms. The number of ether oxygens (including phenoxy) is 1. The minimum Gasteiger partial charge on any atom is -0.466 e. The summed E-state index contributed by atoms with van der Waals surface area (Å²) in [7, 11) is 1.75. The number of aromatic nitrogens is 2. The highest BCUT2D eigenvalue weighted by atomic mass is 16.5. The van der Waals surface area contributed by atoms with Crippen LogP contribution in [0.15, 0.2) is 35.1 Å². The molecule has 0 saturated heterocycles. The van der Waals surface area contributed by atoms with Gasteiger partial charge in [0.1, 0.15) is 5.69 Å². The van der Waals surface area contributed by atoms with Gasteiger partial charge in [0, 0.05) is 13.5 Å². The fraction of sp³-hybridized carbons (Fsp3) is 0.353. The normalized spacial score (nSPS) is 10.5. The minimum atomic E-state index is -0.431. The molecule has 1 amide bonds. The van der Waals surface area contributed by atoms with E-state index < -0.39 is 11.9 Å². The molecule has 1 aromatic carbocycles. The lowest BCUT2D eigenvalue weighted by molar-refractivity contribution is -0.144. The SMILES string of the molecule is CCOC(=O)CCC(=O)Nc1c(C)n(C)n(-c2ccccc2)c1=O. The first-order valence-corrected chi connectivity index (χ1v) is 7.75. The molecule has 0 unspecified atom stereocenters. The van der Waals surface area contributed by atoms with Gasteiger partial charge >= 0.3 is 5.97 Å². The van der Waals surface area contributed by atoms with Crippen molar-refractivity contribution in [2.45, 2.75) is 26.7 Å². The molecule has 0 aliphatic heterocycles. The van der Waals surface area contributed by atoms with Gasteiger partial charge in [-0.25, -0.2) is 4.68 Å². The number of nitrogens with zero attached hydrogens (tertiary/aromatic N) is 2. The Hall–Kier alpha value is -2.83. The van der Waals surface area contributed by atoms with Crippen molar-refractivity contribution < 1.29 is 14.3 Å². The van der Waals surface area contributed by atoms with Crippen LogP contribution in [0.25, 0.3) is 5.69 Å². The highest BCUT2D eigenvalue weighted by molar-refractivity contribution is 5.93. The molecule has 7 nitrogen and oxygen atoms in total. The largest absolute Gasteiger partial charge is 0.466 e. The lowest BCUT2D eigenvalue weighted by Crippen LogP contribution is -2.23. The smallest absolute Gasteiger partial charge is 0.306 e. The Morgan fingerprint density at radius 3 is 2.46 bits per heavy atom. The van der Waals surface area contributed by atoms with Gasteiger partial charge in [-0.1, -0.05) is 18.2 Å². The fourth-order valence-corrected chi connectivity index (χ4v) is 2.36. The van der Waals surface area contributed by atoms with Gasteiger partial charge in [0.25, 0.3) is 5.56 Å². The first-order chi connectivity index (χ1) is 11.5. The summed E-state index contributed by atoms with van der Waals surface area (Å²) in [5.41, 5.74) is 1.24. The van der Waals surface area contributed by atoms with E-state index in [4.69, 9.17) is 4.74 Å². The van der Waals surface area contributed by atoms with Crippen molar-refractivity contribution in [1.82, 2.24) is 9.36 Å². The summed E-state index contributed by atoms with van der Waals surface area (Å²) in [6.45, 7) is 3.74. The van der Waals surface area contributed by atoms with Crippen molar-refractivity contribution in [2.75, 3.05) is 11.9 Å². The molecule has 2 aromatic rings. The standard InChI is InChI=1S/C17H21N3O4/c1-4-24-15(22)11-10-14(21)18-16-12(2)19(3)20(17(16)23)13-8-6-5-7-9-13/h5-9H,4,10-11H2,1-3H3,(H,18,21). The molecule has 0 saturated carbocycles. The number of amides is 1. The van der Waals surface area contributed by atoms with Crippen LogP contribution in [0, 0.1) is 6.92 Å². The summed E-state index contributed by atoms with van der Waals surface area (Å²) in [6.07, 6.45) is -0.0453. The molecular weight excluding hydrogens is 310 g/mol. The number of anilines is 1. The Morgan fingerprint density at radius 1 is 1.17 bits per heavy atom. The first-order valence-electron chi connectivity index (χ1n) is 7.75. The van der Waals surface area contributed by atoms with E-state index in [1.54, 1.807) is 25.6 Å². The van der Waals surface area contributed by atoms with Crippen LogP contribution in [0.5, 0.6) is 0 Å². The molecule has 0 aliphatic rings. The molecular formula is C17H21N3O4. The average molecular weight is 331 g/mol. The van der Waals surface area contributed by atoms with Crippen LogP contribution in [-0.4, -0.2) is 27.8 Å². The Labute approximate surface area is 139 Å². The third kappa shape index (κ3) is 3.73. The lowest BCUT2D eigenvalue weighted by atomic mass is 10.3. The lowest BCUT2D eigenvalue weighted by Gasteiger charge is -2.07. The van der Waals surface area contributed by atoms with Gasteiger partial charge in [-0.2, -0.15) is 0 Å². The second-order valence-electron chi connectivity index (χ2n) is 5.29. The molecule has 24 heavy (non-hydrogen) atoms. The summed E-state index contributed by atoms with van der Waals surface area (Å²) < 4.78 is 7.94. The van der Waals surface area contributed by atoms with E-state index in [0.29, 0.717) is 11.4 Å². The van der Waals surface area contributed by atoms with Crippen molar-refractivity contribution in [3.8, 4) is 5.69 Å². The number of rotatable bonds is 6. The van der Waals surface area contributed by atoms with Crippen molar-refractivity contribution in [3.63, 3.8) is 0 Å². The molecule has 0 fully saturated rings. The molecule has 0 spiro atoms. The molecule has 2 rings (SSSR count). The fourth-order valence-electron chi connectivity index (χ4n) is 2.36. The van der Waals surface area contributed by atoms with Crippen LogP contribution >= 0.6 is 0 Å². The molecule has 1 N–H and O–H groups in total. The van der Waals surface area contributed by atoms with Crippen LogP contribution in [0.3, 0.4) is 0 Å². The summed E-state index contributed by atoms with van der Waals surface area (Å²) in [5, 5.41) is 2.61.